The van der Waals surface area contributed by atoms with Gasteiger partial charge in [0.2, 0.25) is 0 Å². The fourth-order valence-corrected chi connectivity index (χ4v) is 6.93. The second kappa shape index (κ2) is 8.59. The van der Waals surface area contributed by atoms with Gasteiger partial charge in [-0.3, -0.25) is 9.03 Å². The van der Waals surface area contributed by atoms with Crippen molar-refractivity contribution in [1.29, 1.82) is 0 Å². The van der Waals surface area contributed by atoms with Crippen LogP contribution in [-0.4, -0.2) is 23.4 Å². The Kier molecular flexibility index (Phi) is 6.15. The molecular formula is C22H20Cl2N2O4S2. The van der Waals surface area contributed by atoms with Crippen LogP contribution >= 0.6 is 23.2 Å². The van der Waals surface area contributed by atoms with E-state index in [9.17, 15) is 16.8 Å². The molecule has 0 atom stereocenters. The van der Waals surface area contributed by atoms with Gasteiger partial charge in [0.15, 0.2) is 0 Å². The number of nitrogens with zero attached hydrogens (tertiary/aromatic N) is 1. The Balaban J connectivity index is 1.72. The number of sulfonamides is 2. The monoisotopic (exact) mass is 510 g/mol. The van der Waals surface area contributed by atoms with Crippen LogP contribution in [0, 0.1) is 6.92 Å². The first-order valence-corrected chi connectivity index (χ1v) is 13.5. The molecule has 0 aromatic heterocycles. The van der Waals surface area contributed by atoms with Crippen LogP contribution in [0.1, 0.15) is 17.5 Å². The summed E-state index contributed by atoms with van der Waals surface area (Å²) in [7, 11) is -7.84. The van der Waals surface area contributed by atoms with Crippen LogP contribution in [0.5, 0.6) is 0 Å². The number of halogens is 2. The summed E-state index contributed by atoms with van der Waals surface area (Å²) in [5, 5.41) is 0.263. The third kappa shape index (κ3) is 4.45. The average molecular weight is 511 g/mol. The molecule has 32 heavy (non-hydrogen) atoms. The van der Waals surface area contributed by atoms with Crippen LogP contribution in [0.15, 0.2) is 70.5 Å². The summed E-state index contributed by atoms with van der Waals surface area (Å²) in [4.78, 5) is 0.0289. The fraction of sp³-hybridized carbons (Fsp3) is 0.182. The number of hydrogen-bond donors (Lipinski definition) is 1. The summed E-state index contributed by atoms with van der Waals surface area (Å²) in [5.41, 5.74) is 2.47. The van der Waals surface area contributed by atoms with Gasteiger partial charge in [-0.1, -0.05) is 47.0 Å². The van der Waals surface area contributed by atoms with Crippen molar-refractivity contribution in [2.75, 3.05) is 15.6 Å². The number of nitrogens with one attached hydrogen (secondary N) is 1. The quantitative estimate of drug-likeness (QED) is 0.508. The Morgan fingerprint density at radius 2 is 1.62 bits per heavy atom. The standard InChI is InChI=1S/C22H20Cl2N2O4S2/c1-15-4-9-19(10-5-15)32(29,30)26-12-2-3-16-6-8-18(14-21(16)26)25-31(27,28)22-13-17(23)7-11-20(22)24/h4-11,13-14,25H,2-3,12H2,1H3. The highest BCUT2D eigenvalue weighted by atomic mass is 35.5. The normalized spacial score (nSPS) is 14.2. The zero-order chi connectivity index (χ0) is 23.1. The minimum atomic E-state index is -4.04. The first kappa shape index (κ1) is 22.9. The molecule has 0 aliphatic carbocycles. The number of aryl methyl sites for hydroxylation is 2. The van der Waals surface area contributed by atoms with Gasteiger partial charge in [0.25, 0.3) is 20.0 Å². The lowest BCUT2D eigenvalue weighted by atomic mass is 10.0. The molecule has 3 aromatic carbocycles. The van der Waals surface area contributed by atoms with Gasteiger partial charge in [-0.25, -0.2) is 16.8 Å². The van der Waals surface area contributed by atoms with Crippen molar-refractivity contribution in [1.82, 2.24) is 0 Å². The van der Waals surface area contributed by atoms with Crippen molar-refractivity contribution in [3.8, 4) is 0 Å². The molecule has 1 aliphatic heterocycles. The van der Waals surface area contributed by atoms with Gasteiger partial charge < -0.3 is 0 Å². The van der Waals surface area contributed by atoms with Crippen molar-refractivity contribution in [2.45, 2.75) is 29.6 Å². The number of anilines is 2. The van der Waals surface area contributed by atoms with E-state index < -0.39 is 20.0 Å². The summed E-state index contributed by atoms with van der Waals surface area (Å²) in [6.45, 7) is 2.19. The number of hydrogen-bond acceptors (Lipinski definition) is 4. The molecule has 168 valence electrons. The molecule has 0 unspecified atom stereocenters. The van der Waals surface area contributed by atoms with Crippen LogP contribution in [0.3, 0.4) is 0 Å². The van der Waals surface area contributed by atoms with Crippen molar-refractivity contribution in [3.05, 3.63) is 81.8 Å². The van der Waals surface area contributed by atoms with Gasteiger partial charge in [-0.05, 0) is 67.8 Å². The average Bonchev–Trinajstić information content (AvgIpc) is 2.75. The molecule has 0 spiro atoms. The predicted molar refractivity (Wildman–Crippen MR) is 128 cm³/mol. The first-order valence-electron chi connectivity index (χ1n) is 9.78. The van der Waals surface area contributed by atoms with Crippen molar-refractivity contribution >= 4 is 54.6 Å². The Hall–Kier alpha value is -2.26. The second-order valence-electron chi connectivity index (χ2n) is 7.52. The Morgan fingerprint density at radius 3 is 2.34 bits per heavy atom. The van der Waals surface area contributed by atoms with Gasteiger partial charge in [0.05, 0.1) is 21.3 Å². The van der Waals surface area contributed by atoms with E-state index in [1.54, 1.807) is 36.4 Å². The predicted octanol–water partition coefficient (Wildman–Crippen LogP) is 5.24. The van der Waals surface area contributed by atoms with Crippen LogP contribution < -0.4 is 9.03 Å². The third-order valence-electron chi connectivity index (χ3n) is 5.21. The van der Waals surface area contributed by atoms with E-state index in [1.807, 2.05) is 6.92 Å². The Morgan fingerprint density at radius 1 is 0.906 bits per heavy atom. The summed E-state index contributed by atoms with van der Waals surface area (Å²) in [5.74, 6) is 0. The molecule has 6 nitrogen and oxygen atoms in total. The number of fused-ring (bicyclic) bond motifs is 1. The van der Waals surface area contributed by atoms with Crippen LogP contribution in [-0.2, 0) is 26.5 Å². The van der Waals surface area contributed by atoms with E-state index in [-0.39, 0.29) is 25.5 Å². The molecule has 1 aliphatic rings. The Labute approximate surface area is 197 Å². The number of rotatable bonds is 5. The highest BCUT2D eigenvalue weighted by molar-refractivity contribution is 7.93. The maximum atomic E-state index is 13.3. The highest BCUT2D eigenvalue weighted by Crippen LogP contribution is 2.35. The van der Waals surface area contributed by atoms with Crippen LogP contribution in [0.2, 0.25) is 10.0 Å². The maximum Gasteiger partial charge on any atom is 0.264 e. The lowest BCUT2D eigenvalue weighted by Crippen LogP contribution is -2.35. The van der Waals surface area contributed by atoms with E-state index in [0.717, 1.165) is 11.1 Å². The molecule has 1 N–H and O–H groups in total. The van der Waals surface area contributed by atoms with E-state index in [0.29, 0.717) is 25.1 Å². The molecule has 0 bridgehead atoms. The molecule has 4 rings (SSSR count). The third-order valence-corrected chi connectivity index (χ3v) is 9.13. The van der Waals surface area contributed by atoms with Gasteiger partial charge in [-0.2, -0.15) is 0 Å². The summed E-state index contributed by atoms with van der Waals surface area (Å²) < 4.78 is 56.2. The van der Waals surface area contributed by atoms with Crippen LogP contribution in [0.4, 0.5) is 11.4 Å². The minimum absolute atomic E-state index is 0.0310. The second-order valence-corrected chi connectivity index (χ2v) is 11.9. The lowest BCUT2D eigenvalue weighted by Gasteiger charge is -2.31. The SMILES string of the molecule is Cc1ccc(S(=O)(=O)N2CCCc3ccc(NS(=O)(=O)c4cc(Cl)ccc4Cl)cc32)cc1. The first-order chi connectivity index (χ1) is 15.1. The molecule has 10 heteroatoms. The van der Waals surface area contributed by atoms with Gasteiger partial charge >= 0.3 is 0 Å². The van der Waals surface area contributed by atoms with Crippen molar-refractivity contribution in [2.24, 2.45) is 0 Å². The molecule has 0 amide bonds. The maximum absolute atomic E-state index is 13.3. The minimum Gasteiger partial charge on any atom is -0.280 e. The van der Waals surface area contributed by atoms with Gasteiger partial charge in [-0.15, -0.1) is 0 Å². The van der Waals surface area contributed by atoms with Crippen molar-refractivity contribution < 1.29 is 16.8 Å². The van der Waals surface area contributed by atoms with E-state index in [4.69, 9.17) is 23.2 Å². The van der Waals surface area contributed by atoms with Gasteiger partial charge in [0, 0.05) is 11.6 Å². The van der Waals surface area contributed by atoms with Crippen molar-refractivity contribution in [3.63, 3.8) is 0 Å². The topological polar surface area (TPSA) is 83.6 Å². The highest BCUT2D eigenvalue weighted by Gasteiger charge is 2.30. The number of benzene rings is 3. The molecule has 3 aromatic rings. The molecule has 0 saturated heterocycles. The molecule has 1 heterocycles. The van der Waals surface area contributed by atoms with E-state index in [1.165, 1.54) is 28.6 Å². The molecule has 0 saturated carbocycles. The molecule has 0 fully saturated rings. The zero-order valence-electron chi connectivity index (χ0n) is 17.0. The molecular weight excluding hydrogens is 491 g/mol. The fourth-order valence-electron chi connectivity index (χ4n) is 3.58. The Bertz CT molecular complexity index is 1390. The van der Waals surface area contributed by atoms with Gasteiger partial charge in [0.1, 0.15) is 4.90 Å². The van der Waals surface area contributed by atoms with E-state index >= 15 is 0 Å². The summed E-state index contributed by atoms with van der Waals surface area (Å²) in [6.07, 6.45) is 1.36. The molecule has 0 radical (unpaired) electrons. The van der Waals surface area contributed by atoms with E-state index in [2.05, 4.69) is 4.72 Å². The smallest absolute Gasteiger partial charge is 0.264 e. The van der Waals surface area contributed by atoms with Crippen LogP contribution in [0.25, 0.3) is 0 Å². The summed E-state index contributed by atoms with van der Waals surface area (Å²) >= 11 is 12.0. The largest absolute Gasteiger partial charge is 0.280 e. The summed E-state index contributed by atoms with van der Waals surface area (Å²) in [6, 6.07) is 15.7. The zero-order valence-corrected chi connectivity index (χ0v) is 20.2. The lowest BCUT2D eigenvalue weighted by molar-refractivity contribution is 0.586.